The monoisotopic (exact) mass is 914 g/mol. The first-order valence-corrected chi connectivity index (χ1v) is 21.1. The number of pyridine rings is 10. The summed E-state index contributed by atoms with van der Waals surface area (Å²) >= 11 is 0. The summed E-state index contributed by atoms with van der Waals surface area (Å²) in [6.45, 7) is 4.43. The highest BCUT2D eigenvalue weighted by Crippen LogP contribution is 2.29. The third-order valence-electron chi connectivity index (χ3n) is 10.4. The summed E-state index contributed by atoms with van der Waals surface area (Å²) < 4.78 is 41.9. The minimum absolute atomic E-state index is 0.0910. The summed E-state index contributed by atoms with van der Waals surface area (Å²) in [6.07, 6.45) is 16.0. The molecular weight excluding hydrogens is 878 g/mol. The van der Waals surface area contributed by atoms with Crippen LogP contribution in [-0.2, 0) is 13.1 Å². The molecule has 0 radical (unpaired) electrons. The minimum Gasteiger partial charge on any atom is -0.363 e. The average molecular weight is 915 g/mol. The number of nitrogens with two attached hydrogens (primary N) is 1. The molecule has 0 aliphatic carbocycles. The van der Waals surface area contributed by atoms with Crippen LogP contribution in [0.15, 0.2) is 147 Å². The van der Waals surface area contributed by atoms with Crippen molar-refractivity contribution in [3.8, 4) is 57.2 Å². The molecule has 0 saturated carbocycles. The lowest BCUT2D eigenvalue weighted by molar-refractivity contribution is 0.481. The number of aryl methyl sites for hydroxylation is 2. The van der Waals surface area contributed by atoms with Crippen LogP contribution >= 0.6 is 0 Å². The van der Waals surface area contributed by atoms with Gasteiger partial charge in [-0.05, 0) is 97.8 Å². The van der Waals surface area contributed by atoms with Gasteiger partial charge in [0.2, 0.25) is 5.95 Å². The fourth-order valence-corrected chi connectivity index (χ4v) is 7.05. The van der Waals surface area contributed by atoms with Crippen LogP contribution in [0.1, 0.15) is 33.6 Å². The van der Waals surface area contributed by atoms with Crippen LogP contribution in [0.4, 0.5) is 19.0 Å². The second-order valence-electron chi connectivity index (χ2n) is 15.1. The Morgan fingerprint density at radius 2 is 1.03 bits per heavy atom. The standard InChI is InChI=1S/C26H18FN7.C13H7F2N3.C13H12N4/c1-16-9-19(4-7-29-16)25-20(12-28)10-17(13-33-25)14-34-26-24(27)21(5-8-31-26)22-11-18-3-2-6-30-23(18)15-32-22;14-12-9(3-5-17-13(12)15)10-6-8-2-1-4-16-11(8)7-18-10;1-9-4-11(2-3-16-9)13-12(7-15)5-10(6-14)8-17-13/h2-11,13,15H,14H2,1H3,(H,31,34);1-7H;2-5,8H,6,14H2,1H3. The Kier molecular flexibility index (Phi) is 14.2. The van der Waals surface area contributed by atoms with Crippen molar-refractivity contribution >= 4 is 27.6 Å². The number of aromatic nitrogens is 10. The largest absolute Gasteiger partial charge is 0.363 e. The number of hydrogen-bond acceptors (Lipinski definition) is 14. The molecule has 10 aromatic rings. The zero-order valence-corrected chi connectivity index (χ0v) is 36.8. The summed E-state index contributed by atoms with van der Waals surface area (Å²) in [4.78, 5) is 41.3. The molecule has 0 bridgehead atoms. The number of rotatable bonds is 8. The molecule has 0 fully saturated rings. The highest BCUT2D eigenvalue weighted by molar-refractivity contribution is 5.83. The van der Waals surface area contributed by atoms with Gasteiger partial charge in [0.25, 0.3) is 0 Å². The Balaban J connectivity index is 0.000000154. The van der Waals surface area contributed by atoms with E-state index in [-0.39, 0.29) is 17.9 Å². The Labute approximate surface area is 393 Å². The SMILES string of the molecule is Cc1cc(-c2ncc(CN)cc2C#N)ccn1.Cc1cc(-c2ncc(CNc3nccc(-c4cc5cccnc5cn4)c3F)cc2C#N)ccn1.Fc1nccc(-c2cc3cccnc3cn2)c1F. The Hall–Kier alpha value is -9.45. The van der Waals surface area contributed by atoms with Gasteiger partial charge < -0.3 is 11.1 Å². The number of nitrogens with zero attached hydrogens (tertiary/aromatic N) is 12. The molecule has 10 aromatic heterocycles. The van der Waals surface area contributed by atoms with Gasteiger partial charge in [-0.2, -0.15) is 14.9 Å². The second-order valence-corrected chi connectivity index (χ2v) is 15.1. The predicted octanol–water partition coefficient (Wildman–Crippen LogP) is 9.83. The van der Waals surface area contributed by atoms with Crippen LogP contribution in [0.2, 0.25) is 0 Å². The van der Waals surface area contributed by atoms with Gasteiger partial charge >= 0.3 is 0 Å². The highest BCUT2D eigenvalue weighted by Gasteiger charge is 2.16. The molecule has 10 rings (SSSR count). The number of fused-ring (bicyclic) bond motifs is 2. The molecule has 0 atom stereocenters. The molecule has 14 nitrogen and oxygen atoms in total. The summed E-state index contributed by atoms with van der Waals surface area (Å²) in [7, 11) is 0. The molecule has 0 aliphatic rings. The molecule has 0 spiro atoms. The molecule has 0 amide bonds. The van der Waals surface area contributed by atoms with E-state index in [0.717, 1.165) is 49.9 Å². The van der Waals surface area contributed by atoms with E-state index < -0.39 is 17.6 Å². The molecule has 69 heavy (non-hydrogen) atoms. The summed E-state index contributed by atoms with van der Waals surface area (Å²) in [5, 5.41) is 23.5. The number of hydrogen-bond donors (Lipinski definition) is 2. The molecule has 336 valence electrons. The third kappa shape index (κ3) is 10.8. The van der Waals surface area contributed by atoms with Gasteiger partial charge in [0.15, 0.2) is 17.5 Å². The van der Waals surface area contributed by atoms with Crippen molar-refractivity contribution in [2.75, 3.05) is 5.32 Å². The predicted molar refractivity (Wildman–Crippen MR) is 254 cm³/mol. The van der Waals surface area contributed by atoms with Gasteiger partial charge in [0.05, 0.1) is 57.3 Å². The van der Waals surface area contributed by atoms with Crippen LogP contribution in [0.25, 0.3) is 66.8 Å². The molecule has 0 saturated heterocycles. The first-order chi connectivity index (χ1) is 33.6. The molecule has 0 aliphatic heterocycles. The van der Waals surface area contributed by atoms with Crippen molar-refractivity contribution in [3.63, 3.8) is 0 Å². The number of anilines is 1. The topological polar surface area (TPSA) is 215 Å². The Morgan fingerprint density at radius 1 is 0.522 bits per heavy atom. The lowest BCUT2D eigenvalue weighted by Gasteiger charge is -2.11. The number of halogens is 3. The van der Waals surface area contributed by atoms with E-state index in [1.54, 1.807) is 79.8 Å². The van der Waals surface area contributed by atoms with Crippen LogP contribution in [0, 0.1) is 54.1 Å². The lowest BCUT2D eigenvalue weighted by atomic mass is 10.1. The van der Waals surface area contributed by atoms with Gasteiger partial charge in [-0.15, -0.1) is 0 Å². The van der Waals surface area contributed by atoms with Crippen LogP contribution < -0.4 is 11.1 Å². The second kappa shape index (κ2) is 21.2. The fraction of sp³-hybridized carbons (Fsp3) is 0.0769. The highest BCUT2D eigenvalue weighted by atomic mass is 19.2. The van der Waals surface area contributed by atoms with Gasteiger partial charge in [0.1, 0.15) is 12.1 Å². The van der Waals surface area contributed by atoms with Crippen molar-refractivity contribution < 1.29 is 13.2 Å². The third-order valence-corrected chi connectivity index (χ3v) is 10.4. The average Bonchev–Trinajstić information content (AvgIpc) is 3.39. The van der Waals surface area contributed by atoms with Gasteiger partial charge in [0, 0.05) is 107 Å². The van der Waals surface area contributed by atoms with Gasteiger partial charge in [-0.1, -0.05) is 12.1 Å². The molecule has 0 unspecified atom stereocenters. The molecule has 0 aromatic carbocycles. The molecule has 3 N–H and O–H groups in total. The molecule has 10 heterocycles. The normalized spacial score (nSPS) is 10.6. The molecular formula is C52H37F3N14. The van der Waals surface area contributed by atoms with E-state index in [0.29, 0.717) is 51.5 Å². The van der Waals surface area contributed by atoms with Crippen LogP contribution in [0.3, 0.4) is 0 Å². The van der Waals surface area contributed by atoms with Gasteiger partial charge in [-0.3, -0.25) is 39.9 Å². The van der Waals surface area contributed by atoms with E-state index in [4.69, 9.17) is 11.0 Å². The van der Waals surface area contributed by atoms with Crippen molar-refractivity contribution in [1.29, 1.82) is 10.5 Å². The first-order valence-electron chi connectivity index (χ1n) is 21.1. The minimum atomic E-state index is -1.12. The van der Waals surface area contributed by atoms with Gasteiger partial charge in [-0.25, -0.2) is 18.7 Å². The van der Waals surface area contributed by atoms with E-state index in [1.807, 2.05) is 56.3 Å². The summed E-state index contributed by atoms with van der Waals surface area (Å²) in [5.41, 5.74) is 15.5. The van der Waals surface area contributed by atoms with Crippen LogP contribution in [-0.4, -0.2) is 49.8 Å². The maximum atomic E-state index is 15.3. The van der Waals surface area contributed by atoms with E-state index in [2.05, 4.69) is 67.3 Å². The zero-order valence-electron chi connectivity index (χ0n) is 36.8. The quantitative estimate of drug-likeness (QED) is 0.136. The fourth-order valence-electron chi connectivity index (χ4n) is 7.05. The Bertz CT molecular complexity index is 3580. The Morgan fingerprint density at radius 3 is 1.57 bits per heavy atom. The lowest BCUT2D eigenvalue weighted by Crippen LogP contribution is -2.06. The van der Waals surface area contributed by atoms with Crippen molar-refractivity contribution in [3.05, 3.63) is 198 Å². The maximum Gasteiger partial charge on any atom is 0.249 e. The number of nitrogens with one attached hydrogen (secondary N) is 1. The summed E-state index contributed by atoms with van der Waals surface area (Å²) in [5.74, 6) is -2.53. The first kappa shape index (κ1) is 46.1. The van der Waals surface area contributed by atoms with Crippen molar-refractivity contribution in [1.82, 2.24) is 49.8 Å². The van der Waals surface area contributed by atoms with E-state index in [1.165, 1.54) is 24.7 Å². The summed E-state index contributed by atoms with van der Waals surface area (Å²) in [6, 6.07) is 29.1. The maximum absolute atomic E-state index is 15.3. The van der Waals surface area contributed by atoms with Crippen molar-refractivity contribution in [2.24, 2.45) is 5.73 Å². The zero-order chi connectivity index (χ0) is 48.3. The van der Waals surface area contributed by atoms with Crippen LogP contribution in [0.5, 0.6) is 0 Å². The van der Waals surface area contributed by atoms with Crippen molar-refractivity contribution in [2.45, 2.75) is 26.9 Å². The number of nitriles is 2. The smallest absolute Gasteiger partial charge is 0.249 e. The van der Waals surface area contributed by atoms with E-state index >= 15 is 4.39 Å². The molecule has 17 heteroatoms. The van der Waals surface area contributed by atoms with E-state index in [9.17, 15) is 14.0 Å².